The Morgan fingerprint density at radius 2 is 0.636 bits per heavy atom. The monoisotopic (exact) mass is 576 g/mol. The fourth-order valence-electron chi connectivity index (χ4n) is 4.94. The van der Waals surface area contributed by atoms with Crippen molar-refractivity contribution in [3.05, 3.63) is 190 Å². The SMILES string of the molecule is Cc1ccc(C(=C2C=CC(=O)C=C2)c2ccc(C)cc2)cc1.O=C1C=CC(=C(c2ccc(O)cc2)c2ccc(O)cc2)C=C1. The van der Waals surface area contributed by atoms with Gasteiger partial charge in [-0.25, -0.2) is 0 Å². The van der Waals surface area contributed by atoms with Gasteiger partial charge in [-0.2, -0.15) is 0 Å². The fraction of sp³-hybridized carbons (Fsp3) is 0.0500. The molecule has 0 aromatic heterocycles. The van der Waals surface area contributed by atoms with Crippen molar-refractivity contribution in [2.75, 3.05) is 0 Å². The van der Waals surface area contributed by atoms with Gasteiger partial charge in [-0.1, -0.05) is 108 Å². The highest BCUT2D eigenvalue weighted by atomic mass is 16.3. The van der Waals surface area contributed by atoms with Crippen molar-refractivity contribution in [3.63, 3.8) is 0 Å². The Balaban J connectivity index is 0.000000175. The summed E-state index contributed by atoms with van der Waals surface area (Å²) in [6.45, 7) is 4.17. The number of phenolic OH excluding ortho intramolecular Hbond substituents is 2. The Kier molecular flexibility index (Phi) is 9.12. The zero-order valence-electron chi connectivity index (χ0n) is 24.6. The molecule has 0 amide bonds. The molecule has 44 heavy (non-hydrogen) atoms. The van der Waals surface area contributed by atoms with Gasteiger partial charge < -0.3 is 10.2 Å². The van der Waals surface area contributed by atoms with Crippen LogP contribution in [0.25, 0.3) is 11.1 Å². The van der Waals surface area contributed by atoms with E-state index >= 15 is 0 Å². The summed E-state index contributed by atoms with van der Waals surface area (Å²) in [6.07, 6.45) is 13.6. The number of aromatic hydroxyl groups is 2. The minimum Gasteiger partial charge on any atom is -0.508 e. The normalized spacial score (nSPS) is 13.5. The van der Waals surface area contributed by atoms with Gasteiger partial charge in [0.25, 0.3) is 0 Å². The molecule has 0 bridgehead atoms. The molecule has 0 saturated heterocycles. The van der Waals surface area contributed by atoms with E-state index in [9.17, 15) is 19.8 Å². The first kappa shape index (κ1) is 29.7. The van der Waals surface area contributed by atoms with Crippen LogP contribution in [-0.2, 0) is 9.59 Å². The maximum Gasteiger partial charge on any atom is 0.178 e. The molecular weight excluding hydrogens is 544 g/mol. The van der Waals surface area contributed by atoms with Crippen LogP contribution in [0.15, 0.2) is 157 Å². The van der Waals surface area contributed by atoms with Crippen LogP contribution in [0.1, 0.15) is 33.4 Å². The van der Waals surface area contributed by atoms with Gasteiger partial charge in [0, 0.05) is 0 Å². The molecule has 0 unspecified atom stereocenters. The lowest BCUT2D eigenvalue weighted by molar-refractivity contribution is -0.111. The van der Waals surface area contributed by atoms with Crippen LogP contribution in [0, 0.1) is 13.8 Å². The van der Waals surface area contributed by atoms with Crippen molar-refractivity contribution >= 4 is 22.7 Å². The number of ketones is 2. The van der Waals surface area contributed by atoms with Crippen molar-refractivity contribution in [2.45, 2.75) is 13.8 Å². The van der Waals surface area contributed by atoms with Gasteiger partial charge in [0.15, 0.2) is 11.6 Å². The van der Waals surface area contributed by atoms with Crippen LogP contribution >= 0.6 is 0 Å². The molecule has 216 valence electrons. The molecule has 6 rings (SSSR count). The van der Waals surface area contributed by atoms with Gasteiger partial charge in [0.2, 0.25) is 0 Å². The lowest BCUT2D eigenvalue weighted by Crippen LogP contribution is -1.97. The lowest BCUT2D eigenvalue weighted by Gasteiger charge is -2.14. The lowest BCUT2D eigenvalue weighted by atomic mass is 9.90. The molecule has 2 aliphatic carbocycles. The molecule has 4 heteroatoms. The summed E-state index contributed by atoms with van der Waals surface area (Å²) in [5.74, 6) is 0.392. The Morgan fingerprint density at radius 1 is 0.386 bits per heavy atom. The third kappa shape index (κ3) is 7.36. The van der Waals surface area contributed by atoms with E-state index in [1.165, 1.54) is 23.3 Å². The van der Waals surface area contributed by atoms with Gasteiger partial charge in [-0.05, 0) is 107 Å². The second kappa shape index (κ2) is 13.5. The van der Waals surface area contributed by atoms with Crippen molar-refractivity contribution in [1.29, 1.82) is 0 Å². The van der Waals surface area contributed by atoms with Gasteiger partial charge in [0.1, 0.15) is 11.5 Å². The molecule has 0 heterocycles. The maximum atomic E-state index is 11.4. The number of carbonyl (C=O) groups excluding carboxylic acids is 2. The second-order valence-corrected chi connectivity index (χ2v) is 10.6. The summed E-state index contributed by atoms with van der Waals surface area (Å²) in [5.41, 5.74) is 10.7. The van der Waals surface area contributed by atoms with Crippen LogP contribution in [0.5, 0.6) is 11.5 Å². The Bertz CT molecular complexity index is 1590. The third-order valence-electron chi connectivity index (χ3n) is 7.28. The van der Waals surface area contributed by atoms with Crippen LogP contribution < -0.4 is 0 Å². The van der Waals surface area contributed by atoms with Crippen molar-refractivity contribution < 1.29 is 19.8 Å². The number of hydrogen-bond acceptors (Lipinski definition) is 4. The maximum absolute atomic E-state index is 11.4. The first-order valence-corrected chi connectivity index (χ1v) is 14.3. The Morgan fingerprint density at radius 3 is 0.909 bits per heavy atom. The summed E-state index contributed by atoms with van der Waals surface area (Å²) < 4.78 is 0. The van der Waals surface area contributed by atoms with E-state index < -0.39 is 0 Å². The van der Waals surface area contributed by atoms with Crippen LogP contribution in [0.4, 0.5) is 0 Å². The first-order valence-electron chi connectivity index (χ1n) is 14.3. The largest absolute Gasteiger partial charge is 0.508 e. The molecule has 4 aromatic rings. The van der Waals surface area contributed by atoms with Gasteiger partial charge >= 0.3 is 0 Å². The zero-order valence-corrected chi connectivity index (χ0v) is 24.6. The van der Waals surface area contributed by atoms with Crippen LogP contribution in [-0.4, -0.2) is 21.8 Å². The van der Waals surface area contributed by atoms with E-state index in [1.54, 1.807) is 48.6 Å². The number of allylic oxidation sites excluding steroid dienone is 10. The highest BCUT2D eigenvalue weighted by Gasteiger charge is 2.13. The quantitative estimate of drug-likeness (QED) is 0.256. The molecule has 0 aliphatic heterocycles. The summed E-state index contributed by atoms with van der Waals surface area (Å²) in [7, 11) is 0. The molecule has 0 fully saturated rings. The average molecular weight is 577 g/mol. The number of phenols is 2. The van der Waals surface area contributed by atoms with Crippen LogP contribution in [0.3, 0.4) is 0 Å². The molecule has 2 N–H and O–H groups in total. The molecule has 2 aliphatic rings. The van der Waals surface area contributed by atoms with E-state index in [4.69, 9.17) is 0 Å². The molecule has 4 nitrogen and oxygen atoms in total. The Labute approximate surface area is 257 Å². The molecule has 0 radical (unpaired) electrons. The second-order valence-electron chi connectivity index (χ2n) is 10.6. The molecular formula is C40H32O4. The highest BCUT2D eigenvalue weighted by Crippen LogP contribution is 2.32. The zero-order chi connectivity index (χ0) is 31.1. The smallest absolute Gasteiger partial charge is 0.178 e. The minimum atomic E-state index is -0.0421. The van der Waals surface area contributed by atoms with Crippen molar-refractivity contribution in [1.82, 2.24) is 0 Å². The minimum absolute atomic E-state index is 0.0379. The molecule has 0 saturated carbocycles. The van der Waals surface area contributed by atoms with E-state index in [2.05, 4.69) is 62.4 Å². The average Bonchev–Trinajstić information content (AvgIpc) is 3.03. The highest BCUT2D eigenvalue weighted by molar-refractivity contribution is 6.03. The first-order chi connectivity index (χ1) is 21.3. The van der Waals surface area contributed by atoms with Crippen molar-refractivity contribution in [2.24, 2.45) is 0 Å². The number of aryl methyl sites for hydroxylation is 2. The third-order valence-corrected chi connectivity index (χ3v) is 7.28. The molecule has 0 atom stereocenters. The van der Waals surface area contributed by atoms with Gasteiger partial charge in [-0.3, -0.25) is 9.59 Å². The summed E-state index contributed by atoms with van der Waals surface area (Å²) >= 11 is 0. The topological polar surface area (TPSA) is 74.6 Å². The molecule has 0 spiro atoms. The number of hydrogen-bond donors (Lipinski definition) is 2. The van der Waals surface area contributed by atoms with E-state index in [1.807, 2.05) is 36.4 Å². The molecule has 4 aromatic carbocycles. The Hall–Kier alpha value is -5.74. The van der Waals surface area contributed by atoms with Gasteiger partial charge in [-0.15, -0.1) is 0 Å². The van der Waals surface area contributed by atoms with E-state index in [0.29, 0.717) is 0 Å². The summed E-state index contributed by atoms with van der Waals surface area (Å²) in [4.78, 5) is 22.7. The van der Waals surface area contributed by atoms with Crippen LogP contribution in [0.2, 0.25) is 0 Å². The van der Waals surface area contributed by atoms with E-state index in [0.717, 1.165) is 44.5 Å². The standard InChI is InChI=1S/C21H18O.C19H14O3/c1-15-3-7-17(8-4-15)21(18-9-5-16(2)6-10-18)19-11-13-20(22)14-12-19;20-16-7-1-13(2-8-16)19(14-3-9-17(21)10-4-14)15-5-11-18(22)12-6-15/h3-14H,1-2H3;1-12,20-21H. The van der Waals surface area contributed by atoms with Gasteiger partial charge in [0.05, 0.1) is 0 Å². The number of rotatable bonds is 4. The number of benzene rings is 4. The number of carbonyl (C=O) groups is 2. The fourth-order valence-corrected chi connectivity index (χ4v) is 4.94. The summed E-state index contributed by atoms with van der Waals surface area (Å²) in [5, 5.41) is 18.9. The van der Waals surface area contributed by atoms with Crippen molar-refractivity contribution in [3.8, 4) is 11.5 Å². The predicted octanol–water partition coefficient (Wildman–Crippen LogP) is 8.40. The predicted molar refractivity (Wildman–Crippen MR) is 177 cm³/mol. The summed E-state index contributed by atoms with van der Waals surface area (Å²) in [6, 6.07) is 30.8. The van der Waals surface area contributed by atoms with E-state index in [-0.39, 0.29) is 23.1 Å².